The summed E-state index contributed by atoms with van der Waals surface area (Å²) in [6.07, 6.45) is 1.56. The van der Waals surface area contributed by atoms with Crippen molar-refractivity contribution >= 4 is 35.1 Å². The highest BCUT2D eigenvalue weighted by atomic mass is 35.5. The molecule has 0 aliphatic rings. The van der Waals surface area contributed by atoms with E-state index in [1.165, 1.54) is 12.3 Å². The molecule has 1 atom stereocenters. The van der Waals surface area contributed by atoms with Gasteiger partial charge < -0.3 is 19.8 Å². The highest BCUT2D eigenvalue weighted by molar-refractivity contribution is 6.31. The maximum Gasteiger partial charge on any atom is 0.329 e. The minimum atomic E-state index is -0.999. The molecule has 0 saturated carbocycles. The van der Waals surface area contributed by atoms with Gasteiger partial charge in [0.1, 0.15) is 6.04 Å². The van der Waals surface area contributed by atoms with Gasteiger partial charge in [0.15, 0.2) is 12.4 Å². The zero-order chi connectivity index (χ0) is 22.2. The molecule has 31 heavy (non-hydrogen) atoms. The predicted octanol–water partition coefficient (Wildman–Crippen LogP) is 3.76. The number of halogens is 1. The average Bonchev–Trinajstić information content (AvgIpc) is 3.30. The molecule has 0 saturated heterocycles. The SMILES string of the molecule is Cc1ccc(Cl)cc1NC(=O)COC(=O)[C@H](Cc1ccccc1)NC(=O)c1ccco1. The van der Waals surface area contributed by atoms with Crippen molar-refractivity contribution in [3.8, 4) is 0 Å². The summed E-state index contributed by atoms with van der Waals surface area (Å²) in [5.74, 6) is -1.74. The minimum absolute atomic E-state index is 0.0695. The van der Waals surface area contributed by atoms with Crippen LogP contribution in [-0.2, 0) is 20.7 Å². The second-order valence-corrected chi connectivity index (χ2v) is 7.24. The highest BCUT2D eigenvalue weighted by Gasteiger charge is 2.25. The Bertz CT molecular complexity index is 1050. The number of hydrogen-bond donors (Lipinski definition) is 2. The minimum Gasteiger partial charge on any atom is -0.459 e. The van der Waals surface area contributed by atoms with Gasteiger partial charge in [0.25, 0.3) is 11.8 Å². The van der Waals surface area contributed by atoms with E-state index in [1.807, 2.05) is 37.3 Å². The second kappa shape index (κ2) is 10.4. The first-order valence-corrected chi connectivity index (χ1v) is 9.91. The smallest absolute Gasteiger partial charge is 0.329 e. The summed E-state index contributed by atoms with van der Waals surface area (Å²) in [7, 11) is 0. The van der Waals surface area contributed by atoms with Crippen molar-refractivity contribution < 1.29 is 23.5 Å². The molecule has 0 fully saturated rings. The Morgan fingerprint density at radius 3 is 2.55 bits per heavy atom. The summed E-state index contributed by atoms with van der Waals surface area (Å²) in [6.45, 7) is 1.31. The Morgan fingerprint density at radius 1 is 1.06 bits per heavy atom. The molecule has 2 amide bonds. The van der Waals surface area contributed by atoms with Crippen LogP contribution >= 0.6 is 11.6 Å². The maximum atomic E-state index is 12.7. The van der Waals surface area contributed by atoms with Crippen LogP contribution in [0.15, 0.2) is 71.3 Å². The van der Waals surface area contributed by atoms with Crippen molar-refractivity contribution in [1.29, 1.82) is 0 Å². The van der Waals surface area contributed by atoms with E-state index in [9.17, 15) is 14.4 Å². The van der Waals surface area contributed by atoms with Gasteiger partial charge >= 0.3 is 5.97 Å². The van der Waals surface area contributed by atoms with Gasteiger partial charge in [-0.05, 0) is 42.3 Å². The third-order valence-electron chi connectivity index (χ3n) is 4.44. The summed E-state index contributed by atoms with van der Waals surface area (Å²) < 4.78 is 10.2. The van der Waals surface area contributed by atoms with Gasteiger partial charge in [0, 0.05) is 17.1 Å². The van der Waals surface area contributed by atoms with Crippen molar-refractivity contribution in [1.82, 2.24) is 5.32 Å². The molecular weight excluding hydrogens is 420 g/mol. The van der Waals surface area contributed by atoms with Crippen molar-refractivity contribution in [3.63, 3.8) is 0 Å². The number of anilines is 1. The maximum absolute atomic E-state index is 12.7. The number of aryl methyl sites for hydroxylation is 1. The van der Waals surface area contributed by atoms with Gasteiger partial charge in [-0.15, -0.1) is 0 Å². The third-order valence-corrected chi connectivity index (χ3v) is 4.67. The zero-order valence-electron chi connectivity index (χ0n) is 16.8. The molecule has 0 unspecified atom stereocenters. The molecule has 2 N–H and O–H groups in total. The summed E-state index contributed by atoms with van der Waals surface area (Å²) in [6, 6.07) is 16.3. The van der Waals surface area contributed by atoms with Gasteiger partial charge in [0.05, 0.1) is 6.26 Å². The van der Waals surface area contributed by atoms with Crippen LogP contribution in [0, 0.1) is 6.92 Å². The van der Waals surface area contributed by atoms with E-state index in [1.54, 1.807) is 24.3 Å². The van der Waals surface area contributed by atoms with Crippen LogP contribution in [0.25, 0.3) is 0 Å². The number of furan rings is 1. The molecule has 8 heteroatoms. The average molecular weight is 441 g/mol. The molecule has 160 valence electrons. The van der Waals surface area contributed by atoms with Crippen molar-refractivity contribution in [2.75, 3.05) is 11.9 Å². The van der Waals surface area contributed by atoms with Gasteiger partial charge in [0.2, 0.25) is 0 Å². The van der Waals surface area contributed by atoms with Crippen LogP contribution in [0.5, 0.6) is 0 Å². The van der Waals surface area contributed by atoms with Gasteiger partial charge in [-0.1, -0.05) is 48.0 Å². The molecule has 7 nitrogen and oxygen atoms in total. The van der Waals surface area contributed by atoms with E-state index in [0.717, 1.165) is 11.1 Å². The summed E-state index contributed by atoms with van der Waals surface area (Å²) in [4.78, 5) is 37.3. The van der Waals surface area contributed by atoms with Crippen LogP contribution in [-0.4, -0.2) is 30.4 Å². The van der Waals surface area contributed by atoms with Gasteiger partial charge in [-0.2, -0.15) is 0 Å². The molecule has 3 aromatic rings. The van der Waals surface area contributed by atoms with E-state index in [-0.39, 0.29) is 12.2 Å². The number of benzene rings is 2. The van der Waals surface area contributed by atoms with Crippen molar-refractivity contribution in [3.05, 3.63) is 88.8 Å². The fourth-order valence-corrected chi connectivity index (χ4v) is 3.00. The Balaban J connectivity index is 1.63. The first-order valence-electron chi connectivity index (χ1n) is 9.53. The number of rotatable bonds is 8. The normalized spacial score (nSPS) is 11.4. The lowest BCUT2D eigenvalue weighted by atomic mass is 10.1. The predicted molar refractivity (Wildman–Crippen MR) is 116 cm³/mol. The molecule has 2 aromatic carbocycles. The zero-order valence-corrected chi connectivity index (χ0v) is 17.5. The second-order valence-electron chi connectivity index (χ2n) is 6.81. The van der Waals surface area contributed by atoms with E-state index in [4.69, 9.17) is 20.8 Å². The Labute approximate surface area is 184 Å². The number of carbonyl (C=O) groups excluding carboxylic acids is 3. The van der Waals surface area contributed by atoms with Crippen LogP contribution < -0.4 is 10.6 Å². The van der Waals surface area contributed by atoms with E-state index in [2.05, 4.69) is 10.6 Å². The number of ether oxygens (including phenoxy) is 1. The van der Waals surface area contributed by atoms with E-state index < -0.39 is 30.4 Å². The Kier molecular flexibility index (Phi) is 7.45. The first kappa shape index (κ1) is 22.1. The molecule has 0 bridgehead atoms. The Morgan fingerprint density at radius 2 is 1.84 bits per heavy atom. The third kappa shape index (κ3) is 6.45. The van der Waals surface area contributed by atoms with Gasteiger partial charge in [-0.25, -0.2) is 4.79 Å². The quantitative estimate of drug-likeness (QED) is 0.520. The summed E-state index contributed by atoms with van der Waals surface area (Å²) >= 11 is 5.95. The van der Waals surface area contributed by atoms with Crippen LogP contribution in [0.4, 0.5) is 5.69 Å². The molecule has 0 aliphatic heterocycles. The van der Waals surface area contributed by atoms with Crippen molar-refractivity contribution in [2.45, 2.75) is 19.4 Å². The van der Waals surface area contributed by atoms with Crippen LogP contribution in [0.3, 0.4) is 0 Å². The number of carbonyl (C=O) groups is 3. The lowest BCUT2D eigenvalue weighted by Crippen LogP contribution is -2.44. The number of amides is 2. The van der Waals surface area contributed by atoms with Crippen molar-refractivity contribution in [2.24, 2.45) is 0 Å². The molecule has 0 radical (unpaired) electrons. The highest BCUT2D eigenvalue weighted by Crippen LogP contribution is 2.20. The fourth-order valence-electron chi connectivity index (χ4n) is 2.83. The molecule has 1 aromatic heterocycles. The van der Waals surface area contributed by atoms with E-state index in [0.29, 0.717) is 10.7 Å². The topological polar surface area (TPSA) is 97.6 Å². The lowest BCUT2D eigenvalue weighted by molar-refractivity contribution is -0.149. The molecule has 3 rings (SSSR count). The standard InChI is InChI=1S/C23H21ClN2O5/c1-15-9-10-17(24)13-18(15)25-21(27)14-31-23(29)19(12-16-6-3-2-4-7-16)26-22(28)20-8-5-11-30-20/h2-11,13,19H,12,14H2,1H3,(H,25,27)(H,26,28)/t19-/m0/s1. The summed E-state index contributed by atoms with van der Waals surface area (Å²) in [5.41, 5.74) is 2.17. The molecule has 0 aliphatic carbocycles. The fraction of sp³-hybridized carbons (Fsp3) is 0.174. The molecule has 1 heterocycles. The first-order chi connectivity index (χ1) is 14.9. The summed E-state index contributed by atoms with van der Waals surface area (Å²) in [5, 5.41) is 5.73. The van der Waals surface area contributed by atoms with Crippen LogP contribution in [0.1, 0.15) is 21.7 Å². The molecular formula is C23H21ClN2O5. The number of hydrogen-bond acceptors (Lipinski definition) is 5. The largest absolute Gasteiger partial charge is 0.459 e. The van der Waals surface area contributed by atoms with E-state index >= 15 is 0 Å². The molecule has 0 spiro atoms. The monoisotopic (exact) mass is 440 g/mol. The lowest BCUT2D eigenvalue weighted by Gasteiger charge is -2.17. The van der Waals surface area contributed by atoms with Crippen LogP contribution in [0.2, 0.25) is 5.02 Å². The van der Waals surface area contributed by atoms with Gasteiger partial charge in [-0.3, -0.25) is 9.59 Å². The number of esters is 1. The number of nitrogens with one attached hydrogen (secondary N) is 2. The Hall–Kier alpha value is -3.58.